The first-order chi connectivity index (χ1) is 12.8. The Morgan fingerprint density at radius 1 is 0.692 bits per heavy atom. The van der Waals surface area contributed by atoms with Crippen molar-refractivity contribution in [3.05, 3.63) is 84.9 Å². The highest BCUT2D eigenvalue weighted by atomic mass is 32.1. The molecular formula is C23H15NOS. The number of fused-ring (bicyclic) bond motifs is 2. The second-order valence-electron chi connectivity index (χ2n) is 6.21. The maximum atomic E-state index is 10.5. The maximum absolute atomic E-state index is 10.5. The molecule has 5 aromatic rings. The summed E-state index contributed by atoms with van der Waals surface area (Å²) in [6, 6.07) is 28.2. The molecule has 0 aliphatic heterocycles. The highest BCUT2D eigenvalue weighted by molar-refractivity contribution is 7.21. The number of hydrogen-bond acceptors (Lipinski definition) is 3. The Balaban J connectivity index is 1.88. The monoisotopic (exact) mass is 353 g/mol. The molecule has 0 atom stereocenters. The third kappa shape index (κ3) is 2.37. The lowest BCUT2D eigenvalue weighted by atomic mass is 9.93. The zero-order valence-electron chi connectivity index (χ0n) is 13.9. The van der Waals surface area contributed by atoms with Crippen molar-refractivity contribution in [3.8, 4) is 27.4 Å². The van der Waals surface area contributed by atoms with Gasteiger partial charge in [0.05, 0.1) is 10.2 Å². The van der Waals surface area contributed by atoms with Crippen molar-refractivity contribution >= 4 is 32.3 Å². The molecule has 0 aliphatic rings. The second-order valence-corrected chi connectivity index (χ2v) is 7.24. The molecule has 0 saturated heterocycles. The minimum atomic E-state index is 0.284. The van der Waals surface area contributed by atoms with E-state index < -0.39 is 0 Å². The Morgan fingerprint density at radius 3 is 2.35 bits per heavy atom. The average Bonchev–Trinajstić information content (AvgIpc) is 3.12. The minimum Gasteiger partial charge on any atom is -0.507 e. The van der Waals surface area contributed by atoms with Gasteiger partial charge in [0.15, 0.2) is 0 Å². The topological polar surface area (TPSA) is 33.1 Å². The van der Waals surface area contributed by atoms with Crippen molar-refractivity contribution in [3.63, 3.8) is 0 Å². The number of thiazole rings is 1. The predicted molar refractivity (Wildman–Crippen MR) is 110 cm³/mol. The summed E-state index contributed by atoms with van der Waals surface area (Å²) in [5, 5.41) is 13.8. The van der Waals surface area contributed by atoms with E-state index in [-0.39, 0.29) is 5.75 Å². The summed E-state index contributed by atoms with van der Waals surface area (Å²) in [6.07, 6.45) is 0. The molecule has 3 heteroatoms. The van der Waals surface area contributed by atoms with Crippen LogP contribution in [0.2, 0.25) is 0 Å². The molecule has 0 fully saturated rings. The largest absolute Gasteiger partial charge is 0.507 e. The number of aromatic hydroxyl groups is 1. The summed E-state index contributed by atoms with van der Waals surface area (Å²) in [5.41, 5.74) is 3.91. The normalized spacial score (nSPS) is 11.2. The molecule has 26 heavy (non-hydrogen) atoms. The zero-order valence-corrected chi connectivity index (χ0v) is 14.7. The standard InChI is InChI=1S/C23H15NOS/c25-20-11-5-3-9-17(20)22-16-8-2-1-7-15(16)13-14-18(22)23-24-19-10-4-6-12-21(19)26-23/h1-14,25H. The third-order valence-electron chi connectivity index (χ3n) is 4.63. The van der Waals surface area contributed by atoms with Gasteiger partial charge in [-0.25, -0.2) is 4.98 Å². The highest BCUT2D eigenvalue weighted by Gasteiger charge is 2.17. The number of hydrogen-bond donors (Lipinski definition) is 1. The molecule has 0 saturated carbocycles. The van der Waals surface area contributed by atoms with Gasteiger partial charge >= 0.3 is 0 Å². The van der Waals surface area contributed by atoms with E-state index in [0.717, 1.165) is 38.0 Å². The van der Waals surface area contributed by atoms with Crippen LogP contribution in [0.3, 0.4) is 0 Å². The Hall–Kier alpha value is -3.17. The summed E-state index contributed by atoms with van der Waals surface area (Å²) in [6.45, 7) is 0. The van der Waals surface area contributed by atoms with Crippen molar-refractivity contribution < 1.29 is 5.11 Å². The van der Waals surface area contributed by atoms with Gasteiger partial charge in [-0.05, 0) is 29.0 Å². The first-order valence-electron chi connectivity index (χ1n) is 8.47. The quantitative estimate of drug-likeness (QED) is 0.393. The van der Waals surface area contributed by atoms with Crippen LogP contribution in [0.1, 0.15) is 0 Å². The van der Waals surface area contributed by atoms with Gasteiger partial charge in [-0.3, -0.25) is 0 Å². The molecular weight excluding hydrogens is 338 g/mol. The summed E-state index contributed by atoms with van der Waals surface area (Å²) < 4.78 is 1.17. The molecule has 2 nitrogen and oxygen atoms in total. The maximum Gasteiger partial charge on any atom is 0.125 e. The van der Waals surface area contributed by atoms with Crippen molar-refractivity contribution in [2.45, 2.75) is 0 Å². The Labute approximate surface area is 155 Å². The second kappa shape index (κ2) is 5.97. The molecule has 4 aromatic carbocycles. The Bertz CT molecular complexity index is 1220. The van der Waals surface area contributed by atoms with Gasteiger partial charge in [0.2, 0.25) is 0 Å². The molecule has 0 radical (unpaired) electrons. The number of para-hydroxylation sites is 2. The van der Waals surface area contributed by atoms with E-state index in [9.17, 15) is 5.11 Å². The average molecular weight is 353 g/mol. The summed E-state index contributed by atoms with van der Waals surface area (Å²) in [4.78, 5) is 4.84. The number of rotatable bonds is 2. The molecule has 0 unspecified atom stereocenters. The van der Waals surface area contributed by atoms with Crippen molar-refractivity contribution in [2.24, 2.45) is 0 Å². The van der Waals surface area contributed by atoms with E-state index in [1.807, 2.05) is 48.5 Å². The molecule has 1 heterocycles. The van der Waals surface area contributed by atoms with Crippen LogP contribution in [0.15, 0.2) is 84.9 Å². The minimum absolute atomic E-state index is 0.284. The summed E-state index contributed by atoms with van der Waals surface area (Å²) >= 11 is 1.68. The van der Waals surface area contributed by atoms with E-state index in [1.165, 1.54) is 4.70 Å². The lowest BCUT2D eigenvalue weighted by Gasteiger charge is -2.13. The number of aromatic nitrogens is 1. The summed E-state index contributed by atoms with van der Waals surface area (Å²) in [5.74, 6) is 0.284. The van der Waals surface area contributed by atoms with Gasteiger partial charge in [-0.15, -0.1) is 11.3 Å². The molecule has 0 bridgehead atoms. The first kappa shape index (κ1) is 15.1. The Morgan fingerprint density at radius 2 is 1.46 bits per heavy atom. The van der Waals surface area contributed by atoms with Crippen LogP contribution in [-0.2, 0) is 0 Å². The van der Waals surface area contributed by atoms with Gasteiger partial charge in [0.1, 0.15) is 10.8 Å². The van der Waals surface area contributed by atoms with Gasteiger partial charge in [0, 0.05) is 16.7 Å². The SMILES string of the molecule is Oc1ccccc1-c1c(-c2nc3ccccc3s2)ccc2ccccc12. The van der Waals surface area contributed by atoms with Crippen molar-refractivity contribution in [1.29, 1.82) is 0 Å². The molecule has 0 aliphatic carbocycles. The van der Waals surface area contributed by atoms with E-state index in [0.29, 0.717) is 0 Å². The van der Waals surface area contributed by atoms with Gasteiger partial charge in [-0.2, -0.15) is 0 Å². The van der Waals surface area contributed by atoms with E-state index >= 15 is 0 Å². The van der Waals surface area contributed by atoms with Crippen LogP contribution in [0.5, 0.6) is 5.75 Å². The molecule has 5 rings (SSSR count). The van der Waals surface area contributed by atoms with Crippen LogP contribution in [-0.4, -0.2) is 10.1 Å². The van der Waals surface area contributed by atoms with Gasteiger partial charge < -0.3 is 5.11 Å². The molecule has 0 amide bonds. The highest BCUT2D eigenvalue weighted by Crippen LogP contribution is 2.43. The number of phenolic OH excluding ortho intramolecular Hbond substituents is 1. The van der Waals surface area contributed by atoms with Gasteiger partial charge in [0.25, 0.3) is 0 Å². The van der Waals surface area contributed by atoms with Crippen LogP contribution in [0.25, 0.3) is 42.7 Å². The van der Waals surface area contributed by atoms with Crippen molar-refractivity contribution in [1.82, 2.24) is 4.98 Å². The predicted octanol–water partition coefficient (Wildman–Crippen LogP) is 6.49. The molecule has 1 N–H and O–H groups in total. The fourth-order valence-electron chi connectivity index (χ4n) is 3.41. The fourth-order valence-corrected chi connectivity index (χ4v) is 4.41. The van der Waals surface area contributed by atoms with E-state index in [4.69, 9.17) is 4.98 Å². The first-order valence-corrected chi connectivity index (χ1v) is 9.29. The number of phenols is 1. The van der Waals surface area contributed by atoms with E-state index in [1.54, 1.807) is 17.4 Å². The smallest absolute Gasteiger partial charge is 0.125 e. The lowest BCUT2D eigenvalue weighted by Crippen LogP contribution is -1.88. The molecule has 0 spiro atoms. The van der Waals surface area contributed by atoms with Crippen molar-refractivity contribution in [2.75, 3.05) is 0 Å². The fraction of sp³-hybridized carbons (Fsp3) is 0. The lowest BCUT2D eigenvalue weighted by molar-refractivity contribution is 0.477. The van der Waals surface area contributed by atoms with Crippen LogP contribution in [0.4, 0.5) is 0 Å². The summed E-state index contributed by atoms with van der Waals surface area (Å²) in [7, 11) is 0. The third-order valence-corrected chi connectivity index (χ3v) is 5.70. The van der Waals surface area contributed by atoms with Gasteiger partial charge in [-0.1, -0.05) is 66.7 Å². The van der Waals surface area contributed by atoms with Crippen LogP contribution >= 0.6 is 11.3 Å². The number of nitrogens with zero attached hydrogens (tertiary/aromatic N) is 1. The number of benzene rings is 4. The molecule has 1 aromatic heterocycles. The Kier molecular flexibility index (Phi) is 3.47. The molecule has 124 valence electrons. The van der Waals surface area contributed by atoms with Crippen LogP contribution < -0.4 is 0 Å². The zero-order chi connectivity index (χ0) is 17.5. The van der Waals surface area contributed by atoms with Crippen LogP contribution in [0, 0.1) is 0 Å². The van der Waals surface area contributed by atoms with E-state index in [2.05, 4.69) is 30.3 Å².